The summed E-state index contributed by atoms with van der Waals surface area (Å²) in [6, 6.07) is 22.5. The van der Waals surface area contributed by atoms with E-state index in [1.54, 1.807) is 18.2 Å². The first-order chi connectivity index (χ1) is 18.9. The van der Waals surface area contributed by atoms with Gasteiger partial charge in [-0.3, -0.25) is 4.79 Å². The van der Waals surface area contributed by atoms with Crippen LogP contribution in [0, 0.1) is 0 Å². The van der Waals surface area contributed by atoms with Crippen LogP contribution in [0.4, 0.5) is 11.4 Å². The molecule has 1 aliphatic carbocycles. The highest BCUT2D eigenvalue weighted by Gasteiger charge is 2.30. The Balaban J connectivity index is 1.43. The van der Waals surface area contributed by atoms with Gasteiger partial charge in [0.05, 0.1) is 5.69 Å². The monoisotopic (exact) mass is 544 g/mol. The Kier molecular flexibility index (Phi) is 8.45. The summed E-state index contributed by atoms with van der Waals surface area (Å²) in [5.74, 6) is -0.319. The van der Waals surface area contributed by atoms with Gasteiger partial charge in [-0.1, -0.05) is 61.5 Å². The standard InChI is InChI=1S/C31H36N4O3S/c1-2-34-19-21-35(22-20-34)29-17-16-26(32-31(36)18-15-24-9-4-3-5-10-24)23-30(29)39(37,38)33-28-14-8-12-25-11-6-7-13-27(25)28/h3-7,9-11,13,15-18,23,28,33H,2,8,12,14,19-22H2,1H3,(H,32,36)/b18-15+. The first-order valence-electron chi connectivity index (χ1n) is 13.7. The minimum atomic E-state index is -3.89. The second kappa shape index (κ2) is 12.2. The van der Waals surface area contributed by atoms with Gasteiger partial charge in [-0.2, -0.15) is 0 Å². The highest BCUT2D eigenvalue weighted by atomic mass is 32.2. The molecule has 0 radical (unpaired) electrons. The van der Waals surface area contributed by atoms with Crippen molar-refractivity contribution in [2.45, 2.75) is 37.1 Å². The molecule has 1 unspecified atom stereocenters. The number of carbonyl (C=O) groups is 1. The number of sulfonamides is 1. The van der Waals surface area contributed by atoms with E-state index < -0.39 is 10.0 Å². The summed E-state index contributed by atoms with van der Waals surface area (Å²) >= 11 is 0. The molecule has 8 heteroatoms. The zero-order valence-electron chi connectivity index (χ0n) is 22.3. The van der Waals surface area contributed by atoms with E-state index in [-0.39, 0.29) is 16.8 Å². The molecule has 7 nitrogen and oxygen atoms in total. The molecule has 204 valence electrons. The van der Waals surface area contributed by atoms with Gasteiger partial charge in [0.25, 0.3) is 0 Å². The van der Waals surface area contributed by atoms with Crippen LogP contribution < -0.4 is 14.9 Å². The van der Waals surface area contributed by atoms with Crippen molar-refractivity contribution in [1.29, 1.82) is 0 Å². The third-order valence-corrected chi connectivity index (χ3v) is 9.07. The molecule has 1 aliphatic heterocycles. The maximum atomic E-state index is 14.0. The fraction of sp³-hybridized carbons (Fsp3) is 0.323. The second-order valence-electron chi connectivity index (χ2n) is 10.1. The number of aryl methyl sites for hydroxylation is 1. The van der Waals surface area contributed by atoms with Crippen molar-refractivity contribution in [3.63, 3.8) is 0 Å². The van der Waals surface area contributed by atoms with Crippen LogP contribution in [-0.2, 0) is 21.2 Å². The Hall–Kier alpha value is -3.46. The molecule has 0 bridgehead atoms. The van der Waals surface area contributed by atoms with Gasteiger partial charge in [0, 0.05) is 44.0 Å². The lowest BCUT2D eigenvalue weighted by atomic mass is 9.88. The SMILES string of the molecule is CCN1CCN(c2ccc(NC(=O)/C=C/c3ccccc3)cc2S(=O)(=O)NC2CCCc3ccccc32)CC1. The number of likely N-dealkylation sites (N-methyl/N-ethyl adjacent to an activating group) is 1. The lowest BCUT2D eigenvalue weighted by molar-refractivity contribution is -0.111. The van der Waals surface area contributed by atoms with Crippen LogP contribution in [0.15, 0.2) is 83.8 Å². The topological polar surface area (TPSA) is 81.8 Å². The summed E-state index contributed by atoms with van der Waals surface area (Å²) in [7, 11) is -3.89. The highest BCUT2D eigenvalue weighted by Crippen LogP contribution is 2.34. The van der Waals surface area contributed by atoms with Crippen molar-refractivity contribution >= 4 is 33.4 Å². The van der Waals surface area contributed by atoms with Crippen LogP contribution >= 0.6 is 0 Å². The zero-order valence-corrected chi connectivity index (χ0v) is 23.2. The van der Waals surface area contributed by atoms with Crippen molar-refractivity contribution in [2.24, 2.45) is 0 Å². The van der Waals surface area contributed by atoms with Crippen molar-refractivity contribution in [3.05, 3.63) is 95.6 Å². The summed E-state index contributed by atoms with van der Waals surface area (Å²) < 4.78 is 30.9. The Morgan fingerprint density at radius 1 is 0.974 bits per heavy atom. The van der Waals surface area contributed by atoms with Crippen LogP contribution in [0.2, 0.25) is 0 Å². The van der Waals surface area contributed by atoms with Crippen molar-refractivity contribution in [3.8, 4) is 0 Å². The summed E-state index contributed by atoms with van der Waals surface area (Å²) in [5.41, 5.74) is 4.26. The summed E-state index contributed by atoms with van der Waals surface area (Å²) in [6.07, 6.45) is 5.83. The molecule has 0 spiro atoms. The maximum Gasteiger partial charge on any atom is 0.248 e. The molecule has 0 saturated carbocycles. The molecular formula is C31H36N4O3S. The zero-order chi connectivity index (χ0) is 27.2. The van der Waals surface area contributed by atoms with Crippen LogP contribution in [0.25, 0.3) is 6.08 Å². The van der Waals surface area contributed by atoms with E-state index in [4.69, 9.17) is 0 Å². The lowest BCUT2D eigenvalue weighted by Crippen LogP contribution is -2.46. The summed E-state index contributed by atoms with van der Waals surface area (Å²) in [5, 5.41) is 2.85. The van der Waals surface area contributed by atoms with E-state index in [9.17, 15) is 13.2 Å². The van der Waals surface area contributed by atoms with Crippen molar-refractivity contribution < 1.29 is 13.2 Å². The minimum absolute atomic E-state index is 0.195. The Bertz CT molecular complexity index is 1430. The number of hydrogen-bond donors (Lipinski definition) is 2. The molecule has 3 aromatic carbocycles. The molecule has 3 aromatic rings. The highest BCUT2D eigenvalue weighted by molar-refractivity contribution is 7.89. The number of piperazine rings is 1. The molecule has 2 aliphatic rings. The van der Waals surface area contributed by atoms with Crippen molar-refractivity contribution in [2.75, 3.05) is 42.9 Å². The first-order valence-corrected chi connectivity index (χ1v) is 15.2. The normalized spacial score (nSPS) is 18.2. The fourth-order valence-electron chi connectivity index (χ4n) is 5.42. The van der Waals surface area contributed by atoms with Gasteiger partial charge in [-0.25, -0.2) is 13.1 Å². The number of fused-ring (bicyclic) bond motifs is 1. The smallest absolute Gasteiger partial charge is 0.248 e. The number of nitrogens with one attached hydrogen (secondary N) is 2. The number of rotatable bonds is 8. The molecule has 1 atom stereocenters. The maximum absolute atomic E-state index is 14.0. The van der Waals surface area contributed by atoms with Crippen molar-refractivity contribution in [1.82, 2.24) is 9.62 Å². The van der Waals surface area contributed by atoms with E-state index in [2.05, 4.69) is 32.8 Å². The van der Waals surface area contributed by atoms with E-state index in [0.29, 0.717) is 11.4 Å². The van der Waals surface area contributed by atoms with Crippen LogP contribution in [-0.4, -0.2) is 51.9 Å². The van der Waals surface area contributed by atoms with E-state index in [1.165, 1.54) is 11.6 Å². The Labute approximate surface area is 231 Å². The lowest BCUT2D eigenvalue weighted by Gasteiger charge is -2.36. The average Bonchev–Trinajstić information content (AvgIpc) is 2.97. The number of amides is 1. The second-order valence-corrected chi connectivity index (χ2v) is 11.8. The fourth-order valence-corrected chi connectivity index (χ4v) is 6.92. The Morgan fingerprint density at radius 3 is 2.49 bits per heavy atom. The van der Waals surface area contributed by atoms with E-state index in [1.807, 2.05) is 54.6 Å². The van der Waals surface area contributed by atoms with Gasteiger partial charge < -0.3 is 15.1 Å². The summed E-state index contributed by atoms with van der Waals surface area (Å²) in [6.45, 7) is 6.36. The van der Waals surface area contributed by atoms with Gasteiger partial charge in [0.15, 0.2) is 0 Å². The number of benzene rings is 3. The number of anilines is 2. The van der Waals surface area contributed by atoms with Crippen LogP contribution in [0.3, 0.4) is 0 Å². The average molecular weight is 545 g/mol. The predicted molar refractivity (Wildman–Crippen MR) is 157 cm³/mol. The largest absolute Gasteiger partial charge is 0.368 e. The molecule has 5 rings (SSSR count). The van der Waals surface area contributed by atoms with Crippen LogP contribution in [0.1, 0.15) is 42.5 Å². The van der Waals surface area contributed by atoms with E-state index >= 15 is 0 Å². The minimum Gasteiger partial charge on any atom is -0.368 e. The number of hydrogen-bond acceptors (Lipinski definition) is 5. The molecular weight excluding hydrogens is 508 g/mol. The van der Waals surface area contributed by atoms with Gasteiger partial charge in [-0.05, 0) is 66.8 Å². The van der Waals surface area contributed by atoms with E-state index in [0.717, 1.165) is 63.1 Å². The van der Waals surface area contributed by atoms with Gasteiger partial charge in [0.2, 0.25) is 15.9 Å². The molecule has 1 amide bonds. The molecule has 2 N–H and O–H groups in total. The molecule has 1 saturated heterocycles. The molecule has 1 fully saturated rings. The Morgan fingerprint density at radius 2 is 1.72 bits per heavy atom. The number of carbonyl (C=O) groups excluding carboxylic acids is 1. The molecule has 0 aromatic heterocycles. The number of nitrogens with zero attached hydrogens (tertiary/aromatic N) is 2. The van der Waals surface area contributed by atoms with Gasteiger partial charge in [0.1, 0.15) is 4.90 Å². The first kappa shape index (κ1) is 27.1. The quantitative estimate of drug-likeness (QED) is 0.397. The third kappa shape index (κ3) is 6.58. The van der Waals surface area contributed by atoms with Crippen LogP contribution in [0.5, 0.6) is 0 Å². The molecule has 1 heterocycles. The van der Waals surface area contributed by atoms with Gasteiger partial charge >= 0.3 is 0 Å². The summed E-state index contributed by atoms with van der Waals surface area (Å²) in [4.78, 5) is 17.4. The predicted octanol–water partition coefficient (Wildman–Crippen LogP) is 4.84. The third-order valence-electron chi connectivity index (χ3n) is 7.57. The van der Waals surface area contributed by atoms with Gasteiger partial charge in [-0.15, -0.1) is 0 Å². The molecule has 39 heavy (non-hydrogen) atoms.